The molecule has 11 heteroatoms. The number of carboxylic acid groups (broad SMARTS) is 1. The molecule has 3 N–H and O–H groups in total. The number of carbonyl (C=O) groups excluding carboxylic acids is 2. The van der Waals surface area contributed by atoms with Gasteiger partial charge in [-0.05, 0) is 55.5 Å². The summed E-state index contributed by atoms with van der Waals surface area (Å²) in [6, 6.07) is 7.65. The molecule has 2 fully saturated rings. The number of urea groups is 1. The molecule has 3 atom stereocenters. The Morgan fingerprint density at radius 1 is 1.03 bits per heavy atom. The highest BCUT2D eigenvalue weighted by atomic mass is 19.2. The van der Waals surface area contributed by atoms with Crippen LogP contribution < -0.4 is 20.1 Å². The highest BCUT2D eigenvalue weighted by Crippen LogP contribution is 2.50. The zero-order chi connectivity index (χ0) is 27.4. The highest BCUT2D eigenvalue weighted by Gasteiger charge is 2.53. The summed E-state index contributed by atoms with van der Waals surface area (Å²) in [4.78, 5) is 38.6. The number of carboxylic acids is 1. The van der Waals surface area contributed by atoms with Gasteiger partial charge in [0.2, 0.25) is 5.91 Å². The van der Waals surface area contributed by atoms with Crippen molar-refractivity contribution in [1.29, 1.82) is 0 Å². The minimum Gasteiger partial charge on any atom is -0.493 e. The summed E-state index contributed by atoms with van der Waals surface area (Å²) < 4.78 is 37.6. The lowest BCUT2D eigenvalue weighted by Gasteiger charge is -2.45. The van der Waals surface area contributed by atoms with Crippen LogP contribution >= 0.6 is 0 Å². The number of hydrogen-bond donors (Lipinski definition) is 3. The van der Waals surface area contributed by atoms with Gasteiger partial charge in [-0.2, -0.15) is 0 Å². The molecular weight excluding hydrogens is 500 g/mol. The van der Waals surface area contributed by atoms with Crippen molar-refractivity contribution in [2.45, 2.75) is 56.0 Å². The van der Waals surface area contributed by atoms with Crippen LogP contribution in [-0.2, 0) is 15.0 Å². The SMILES string of the molecule is COc1ccc([C@@]23CC[C@H](NC(=O)Nc4ccc(F)c(F)c4)C[C@H]2N(C(=O)CCC(=O)O)CC3)cc1OC. The Balaban J connectivity index is 1.56. The average molecular weight is 532 g/mol. The third-order valence-corrected chi connectivity index (χ3v) is 7.60. The molecule has 0 bridgehead atoms. The molecule has 1 saturated carbocycles. The maximum absolute atomic E-state index is 13.5. The molecule has 0 spiro atoms. The smallest absolute Gasteiger partial charge is 0.319 e. The van der Waals surface area contributed by atoms with Gasteiger partial charge in [0.1, 0.15) is 0 Å². The molecule has 2 aliphatic rings. The topological polar surface area (TPSA) is 117 Å². The Hall–Kier alpha value is -3.89. The first-order chi connectivity index (χ1) is 18.2. The number of rotatable bonds is 8. The third kappa shape index (κ3) is 5.51. The first kappa shape index (κ1) is 27.2. The Morgan fingerprint density at radius 2 is 1.79 bits per heavy atom. The van der Waals surface area contributed by atoms with Crippen molar-refractivity contribution in [2.75, 3.05) is 26.1 Å². The molecule has 1 heterocycles. The standard InChI is InChI=1S/C27H31F2N3O6/c1-37-21-6-3-16(13-22(21)38-2)27-10-9-18(31-26(36)30-17-4-5-19(28)20(29)14-17)15-23(27)32(12-11-27)24(33)7-8-25(34)35/h3-6,13-14,18,23H,7-12,15H2,1-2H3,(H,34,35)(H2,30,31,36)/t18-,23+,27-/m0/s1. The number of likely N-dealkylation sites (tertiary alicyclic amines) is 1. The number of fused-ring (bicyclic) bond motifs is 1. The number of anilines is 1. The molecule has 2 aromatic carbocycles. The van der Waals surface area contributed by atoms with Crippen LogP contribution in [0.25, 0.3) is 0 Å². The van der Waals surface area contributed by atoms with E-state index in [0.29, 0.717) is 43.7 Å². The molecular formula is C27H31F2N3O6. The number of carbonyl (C=O) groups is 3. The van der Waals surface area contributed by atoms with Crippen LogP contribution in [0.15, 0.2) is 36.4 Å². The van der Waals surface area contributed by atoms with E-state index >= 15 is 0 Å². The van der Waals surface area contributed by atoms with Crippen molar-refractivity contribution in [3.63, 3.8) is 0 Å². The summed E-state index contributed by atoms with van der Waals surface area (Å²) in [6.07, 6.45) is 2.03. The van der Waals surface area contributed by atoms with E-state index in [1.165, 1.54) is 6.07 Å². The number of benzene rings is 2. The predicted molar refractivity (Wildman–Crippen MR) is 134 cm³/mol. The van der Waals surface area contributed by atoms with Gasteiger partial charge in [0.25, 0.3) is 0 Å². The van der Waals surface area contributed by atoms with E-state index in [1.54, 1.807) is 19.1 Å². The molecule has 2 aromatic rings. The first-order valence-corrected chi connectivity index (χ1v) is 12.4. The quantitative estimate of drug-likeness (QED) is 0.473. The second kappa shape index (κ2) is 11.2. The van der Waals surface area contributed by atoms with E-state index in [2.05, 4.69) is 10.6 Å². The van der Waals surface area contributed by atoms with Crippen LogP contribution in [0.3, 0.4) is 0 Å². The van der Waals surface area contributed by atoms with Crippen LogP contribution in [0, 0.1) is 11.6 Å². The fraction of sp³-hybridized carbons (Fsp3) is 0.444. The average Bonchev–Trinajstić information content (AvgIpc) is 3.29. The van der Waals surface area contributed by atoms with Crippen molar-refractivity contribution in [1.82, 2.24) is 10.2 Å². The maximum Gasteiger partial charge on any atom is 0.319 e. The van der Waals surface area contributed by atoms with Crippen LogP contribution in [0.4, 0.5) is 19.3 Å². The van der Waals surface area contributed by atoms with Crippen LogP contribution in [-0.4, -0.2) is 60.8 Å². The number of nitrogens with zero attached hydrogens (tertiary/aromatic N) is 1. The number of halogens is 2. The van der Waals surface area contributed by atoms with E-state index in [9.17, 15) is 23.2 Å². The molecule has 1 aliphatic carbocycles. The van der Waals surface area contributed by atoms with E-state index in [4.69, 9.17) is 14.6 Å². The minimum absolute atomic E-state index is 0.109. The Bertz CT molecular complexity index is 1230. The van der Waals surface area contributed by atoms with Crippen molar-refractivity contribution < 1.29 is 37.7 Å². The molecule has 38 heavy (non-hydrogen) atoms. The number of hydrogen-bond acceptors (Lipinski definition) is 5. The van der Waals surface area contributed by atoms with Crippen molar-refractivity contribution in [3.05, 3.63) is 53.6 Å². The van der Waals surface area contributed by atoms with Gasteiger partial charge in [-0.25, -0.2) is 13.6 Å². The van der Waals surface area contributed by atoms with Crippen LogP contribution in [0.5, 0.6) is 11.5 Å². The lowest BCUT2D eigenvalue weighted by atomic mass is 9.65. The van der Waals surface area contributed by atoms with Crippen molar-refractivity contribution in [3.8, 4) is 11.5 Å². The van der Waals surface area contributed by atoms with Gasteiger partial charge < -0.3 is 30.1 Å². The molecule has 9 nitrogen and oxygen atoms in total. The summed E-state index contributed by atoms with van der Waals surface area (Å²) in [5.41, 5.74) is 0.689. The van der Waals surface area contributed by atoms with E-state index < -0.39 is 29.0 Å². The molecule has 0 aromatic heterocycles. The summed E-state index contributed by atoms with van der Waals surface area (Å²) in [5.74, 6) is -2.21. The predicted octanol–water partition coefficient (Wildman–Crippen LogP) is 4.06. The first-order valence-electron chi connectivity index (χ1n) is 12.4. The number of aliphatic carboxylic acids is 1. The maximum atomic E-state index is 13.5. The normalized spacial score (nSPS) is 22.4. The van der Waals surface area contributed by atoms with Gasteiger partial charge in [-0.1, -0.05) is 6.07 Å². The largest absolute Gasteiger partial charge is 0.493 e. The van der Waals surface area contributed by atoms with Gasteiger partial charge in [-0.3, -0.25) is 9.59 Å². The van der Waals surface area contributed by atoms with Gasteiger partial charge in [0.15, 0.2) is 23.1 Å². The second-order valence-corrected chi connectivity index (χ2v) is 9.67. The third-order valence-electron chi connectivity index (χ3n) is 7.60. The Kier molecular flexibility index (Phi) is 8.03. The van der Waals surface area contributed by atoms with Gasteiger partial charge in [0.05, 0.1) is 20.6 Å². The van der Waals surface area contributed by atoms with Crippen molar-refractivity contribution >= 4 is 23.6 Å². The monoisotopic (exact) mass is 531 g/mol. The second-order valence-electron chi connectivity index (χ2n) is 9.67. The highest BCUT2D eigenvalue weighted by molar-refractivity contribution is 5.89. The molecule has 3 amide bonds. The number of nitrogens with one attached hydrogen (secondary N) is 2. The molecule has 0 radical (unpaired) electrons. The van der Waals surface area contributed by atoms with E-state index in [0.717, 1.165) is 17.7 Å². The Labute approximate surface area is 219 Å². The van der Waals surface area contributed by atoms with Crippen molar-refractivity contribution in [2.24, 2.45) is 0 Å². The molecule has 4 rings (SSSR count). The summed E-state index contributed by atoms with van der Waals surface area (Å²) >= 11 is 0. The summed E-state index contributed by atoms with van der Waals surface area (Å²) in [5, 5.41) is 14.5. The molecule has 1 aliphatic heterocycles. The molecule has 204 valence electrons. The summed E-state index contributed by atoms with van der Waals surface area (Å²) in [7, 11) is 3.11. The summed E-state index contributed by atoms with van der Waals surface area (Å²) in [6.45, 7) is 0.464. The lowest BCUT2D eigenvalue weighted by molar-refractivity contribution is -0.141. The van der Waals surface area contributed by atoms with Crippen LogP contribution in [0.1, 0.15) is 44.1 Å². The Morgan fingerprint density at radius 3 is 2.47 bits per heavy atom. The zero-order valence-electron chi connectivity index (χ0n) is 21.3. The van der Waals surface area contributed by atoms with E-state index in [-0.39, 0.29) is 36.5 Å². The number of ether oxygens (including phenoxy) is 2. The number of methoxy groups -OCH3 is 2. The molecule has 0 unspecified atom stereocenters. The van der Waals surface area contributed by atoms with E-state index in [1.807, 2.05) is 18.2 Å². The molecule has 1 saturated heterocycles. The lowest BCUT2D eigenvalue weighted by Crippen LogP contribution is -2.54. The fourth-order valence-electron chi connectivity index (χ4n) is 5.74. The van der Waals surface area contributed by atoms with Gasteiger partial charge in [-0.15, -0.1) is 0 Å². The van der Waals surface area contributed by atoms with Gasteiger partial charge in [0, 0.05) is 42.2 Å². The number of amides is 3. The van der Waals surface area contributed by atoms with Gasteiger partial charge >= 0.3 is 12.0 Å². The zero-order valence-corrected chi connectivity index (χ0v) is 21.3. The minimum atomic E-state index is -1.07. The fourth-order valence-corrected chi connectivity index (χ4v) is 5.74. The van der Waals surface area contributed by atoms with Crippen LogP contribution in [0.2, 0.25) is 0 Å².